The van der Waals surface area contributed by atoms with Gasteiger partial charge in [0.15, 0.2) is 0 Å². The van der Waals surface area contributed by atoms with Crippen molar-refractivity contribution in [2.75, 3.05) is 6.54 Å². The van der Waals surface area contributed by atoms with Crippen LogP contribution < -0.4 is 5.32 Å². The summed E-state index contributed by atoms with van der Waals surface area (Å²) in [6, 6.07) is 3.49. The minimum Gasteiger partial charge on any atom is -0.480 e. The monoisotopic (exact) mass is 245 g/mol. The molecule has 2 aromatic heterocycles. The molecule has 0 radical (unpaired) electrons. The van der Waals surface area contributed by atoms with Gasteiger partial charge in [0.1, 0.15) is 6.04 Å². The molecule has 5 heteroatoms. The molecule has 1 aliphatic heterocycles. The molecular weight excluding hydrogens is 230 g/mol. The number of aromatic nitrogens is 2. The van der Waals surface area contributed by atoms with E-state index < -0.39 is 12.0 Å². The van der Waals surface area contributed by atoms with E-state index in [1.54, 1.807) is 6.20 Å². The standard InChI is InChI=1S/C13H15N3O2/c17-13(18)11-7-8(1-4-15-11)12-9-2-5-14-10(9)3-6-16-12/h2-3,5-6,8,11,14-15H,1,4,7H2,(H,17,18). The molecule has 1 saturated heterocycles. The third-order valence-corrected chi connectivity index (χ3v) is 3.60. The number of piperidine rings is 1. The van der Waals surface area contributed by atoms with Crippen molar-refractivity contribution in [2.45, 2.75) is 24.8 Å². The summed E-state index contributed by atoms with van der Waals surface area (Å²) >= 11 is 0. The predicted octanol–water partition coefficient (Wildman–Crippen LogP) is 1.48. The van der Waals surface area contributed by atoms with Gasteiger partial charge in [0.25, 0.3) is 0 Å². The highest BCUT2D eigenvalue weighted by Gasteiger charge is 2.29. The molecule has 0 bridgehead atoms. The summed E-state index contributed by atoms with van der Waals surface area (Å²) in [5.74, 6) is -0.562. The fraction of sp³-hybridized carbons (Fsp3) is 0.385. The quantitative estimate of drug-likeness (QED) is 0.749. The summed E-state index contributed by atoms with van der Waals surface area (Å²) in [5, 5.41) is 13.2. The number of hydrogen-bond acceptors (Lipinski definition) is 3. The predicted molar refractivity (Wildman–Crippen MR) is 67.5 cm³/mol. The van der Waals surface area contributed by atoms with Crippen molar-refractivity contribution in [3.63, 3.8) is 0 Å². The number of H-pyrrole nitrogens is 1. The number of nitrogens with one attached hydrogen (secondary N) is 2. The van der Waals surface area contributed by atoms with E-state index in [9.17, 15) is 4.79 Å². The fourth-order valence-corrected chi connectivity index (χ4v) is 2.68. The van der Waals surface area contributed by atoms with Crippen LogP contribution in [0.15, 0.2) is 24.5 Å². The molecule has 1 aliphatic rings. The third kappa shape index (κ3) is 1.86. The SMILES string of the molecule is O=C(O)C1CC(c2nccc3[nH]ccc23)CCN1. The number of carbonyl (C=O) groups is 1. The second-order valence-electron chi connectivity index (χ2n) is 4.70. The Morgan fingerprint density at radius 1 is 1.44 bits per heavy atom. The average molecular weight is 245 g/mol. The molecular formula is C13H15N3O2. The molecule has 3 N–H and O–H groups in total. The molecule has 3 heterocycles. The third-order valence-electron chi connectivity index (χ3n) is 3.60. The number of pyridine rings is 1. The van der Waals surface area contributed by atoms with Crippen molar-refractivity contribution in [1.29, 1.82) is 0 Å². The van der Waals surface area contributed by atoms with Crippen LogP contribution in [0, 0.1) is 0 Å². The van der Waals surface area contributed by atoms with Crippen LogP contribution in [0.3, 0.4) is 0 Å². The van der Waals surface area contributed by atoms with Gasteiger partial charge in [-0.3, -0.25) is 9.78 Å². The Morgan fingerprint density at radius 2 is 2.33 bits per heavy atom. The lowest BCUT2D eigenvalue weighted by molar-refractivity contribution is -0.140. The first kappa shape index (κ1) is 11.2. The zero-order valence-electron chi connectivity index (χ0n) is 9.89. The van der Waals surface area contributed by atoms with E-state index in [0.29, 0.717) is 6.42 Å². The van der Waals surface area contributed by atoms with E-state index in [1.165, 1.54) is 0 Å². The molecule has 2 aromatic rings. The van der Waals surface area contributed by atoms with Gasteiger partial charge in [-0.25, -0.2) is 0 Å². The highest BCUT2D eigenvalue weighted by atomic mass is 16.4. The van der Waals surface area contributed by atoms with Crippen LogP contribution in [0.4, 0.5) is 0 Å². The van der Waals surface area contributed by atoms with Gasteiger partial charge in [0, 0.05) is 29.2 Å². The largest absolute Gasteiger partial charge is 0.480 e. The number of carboxylic acids is 1. The highest BCUT2D eigenvalue weighted by molar-refractivity contribution is 5.82. The Hall–Kier alpha value is -1.88. The maximum absolute atomic E-state index is 11.1. The van der Waals surface area contributed by atoms with Crippen molar-refractivity contribution < 1.29 is 9.90 Å². The molecule has 18 heavy (non-hydrogen) atoms. The summed E-state index contributed by atoms with van der Waals surface area (Å²) in [6.45, 7) is 0.726. The number of aliphatic carboxylic acids is 1. The Labute approximate surface area is 104 Å². The zero-order valence-corrected chi connectivity index (χ0v) is 9.89. The molecule has 2 unspecified atom stereocenters. The van der Waals surface area contributed by atoms with Gasteiger partial charge in [0.05, 0.1) is 5.69 Å². The molecule has 0 aromatic carbocycles. The van der Waals surface area contributed by atoms with Crippen LogP contribution in [-0.2, 0) is 4.79 Å². The molecule has 94 valence electrons. The second kappa shape index (κ2) is 4.42. The van der Waals surface area contributed by atoms with Crippen LogP contribution in [-0.4, -0.2) is 33.6 Å². The molecule has 1 fully saturated rings. The van der Waals surface area contributed by atoms with Crippen molar-refractivity contribution in [1.82, 2.24) is 15.3 Å². The van der Waals surface area contributed by atoms with Crippen LogP contribution >= 0.6 is 0 Å². The normalized spacial score (nSPS) is 24.2. The first-order chi connectivity index (χ1) is 8.75. The molecule has 0 spiro atoms. The summed E-state index contributed by atoms with van der Waals surface area (Å²) < 4.78 is 0. The molecule has 3 rings (SSSR count). The maximum atomic E-state index is 11.1. The van der Waals surface area contributed by atoms with Crippen molar-refractivity contribution in [3.05, 3.63) is 30.2 Å². The van der Waals surface area contributed by atoms with Crippen LogP contribution in [0.2, 0.25) is 0 Å². The molecule has 5 nitrogen and oxygen atoms in total. The number of carboxylic acid groups (broad SMARTS) is 1. The Kier molecular flexibility index (Phi) is 2.76. The second-order valence-corrected chi connectivity index (χ2v) is 4.70. The van der Waals surface area contributed by atoms with Gasteiger partial charge < -0.3 is 15.4 Å². The van der Waals surface area contributed by atoms with Crippen molar-refractivity contribution in [3.8, 4) is 0 Å². The van der Waals surface area contributed by atoms with Crippen LogP contribution in [0.25, 0.3) is 10.9 Å². The summed E-state index contributed by atoms with van der Waals surface area (Å²) in [5.41, 5.74) is 2.08. The summed E-state index contributed by atoms with van der Waals surface area (Å²) in [6.07, 6.45) is 5.21. The van der Waals surface area contributed by atoms with E-state index in [1.807, 2.05) is 18.3 Å². The first-order valence-corrected chi connectivity index (χ1v) is 6.14. The van der Waals surface area contributed by atoms with Gasteiger partial charge in [-0.2, -0.15) is 0 Å². The first-order valence-electron chi connectivity index (χ1n) is 6.14. The molecule has 0 saturated carbocycles. The maximum Gasteiger partial charge on any atom is 0.320 e. The molecule has 0 aliphatic carbocycles. The van der Waals surface area contributed by atoms with E-state index in [2.05, 4.69) is 15.3 Å². The van der Waals surface area contributed by atoms with E-state index in [4.69, 9.17) is 5.11 Å². The number of fused-ring (bicyclic) bond motifs is 1. The Morgan fingerprint density at radius 3 is 3.17 bits per heavy atom. The lowest BCUT2D eigenvalue weighted by Crippen LogP contribution is -2.42. The zero-order chi connectivity index (χ0) is 12.5. The van der Waals surface area contributed by atoms with Crippen molar-refractivity contribution in [2.24, 2.45) is 0 Å². The number of nitrogens with zero attached hydrogens (tertiary/aromatic N) is 1. The molecule has 0 amide bonds. The summed E-state index contributed by atoms with van der Waals surface area (Å²) in [4.78, 5) is 18.7. The van der Waals surface area contributed by atoms with Crippen LogP contribution in [0.1, 0.15) is 24.5 Å². The smallest absolute Gasteiger partial charge is 0.320 e. The van der Waals surface area contributed by atoms with Gasteiger partial charge in [-0.05, 0) is 31.5 Å². The van der Waals surface area contributed by atoms with E-state index >= 15 is 0 Å². The van der Waals surface area contributed by atoms with Crippen molar-refractivity contribution >= 4 is 16.9 Å². The minimum atomic E-state index is -0.777. The topological polar surface area (TPSA) is 78.0 Å². The number of rotatable bonds is 2. The van der Waals surface area contributed by atoms with Crippen LogP contribution in [0.5, 0.6) is 0 Å². The van der Waals surface area contributed by atoms with Gasteiger partial charge in [-0.1, -0.05) is 0 Å². The Balaban J connectivity index is 1.94. The highest BCUT2D eigenvalue weighted by Crippen LogP contribution is 2.31. The van der Waals surface area contributed by atoms with Gasteiger partial charge >= 0.3 is 5.97 Å². The van der Waals surface area contributed by atoms with Gasteiger partial charge in [0.2, 0.25) is 0 Å². The minimum absolute atomic E-state index is 0.215. The molecule has 2 atom stereocenters. The lowest BCUT2D eigenvalue weighted by atomic mass is 9.88. The number of aromatic amines is 1. The fourth-order valence-electron chi connectivity index (χ4n) is 2.68. The number of hydrogen-bond donors (Lipinski definition) is 3. The Bertz CT molecular complexity index is 578. The lowest BCUT2D eigenvalue weighted by Gasteiger charge is -2.27. The average Bonchev–Trinajstić information content (AvgIpc) is 2.87. The van der Waals surface area contributed by atoms with E-state index in [0.717, 1.165) is 29.6 Å². The summed E-state index contributed by atoms with van der Waals surface area (Å²) in [7, 11) is 0. The van der Waals surface area contributed by atoms with E-state index in [-0.39, 0.29) is 5.92 Å². The van der Waals surface area contributed by atoms with Gasteiger partial charge in [-0.15, -0.1) is 0 Å².